The highest BCUT2D eigenvalue weighted by molar-refractivity contribution is 7.16. The molecule has 24 heavy (non-hydrogen) atoms. The number of halogens is 2. The standard InChI is InChI=1S/C17H15Cl2N3OS/c1-9-4-2-5-10(8-9)21-17-22-16(20)15(24-17)14(23)13-11(18)6-3-7-12(13)19/h2-8,14,23H,20H2,1H3,(H,21,22). The number of thiazole rings is 1. The maximum absolute atomic E-state index is 10.7. The molecule has 0 saturated carbocycles. The van der Waals surface area contributed by atoms with Gasteiger partial charge in [-0.25, -0.2) is 4.98 Å². The number of aliphatic hydroxyl groups is 1. The predicted molar refractivity (Wildman–Crippen MR) is 102 cm³/mol. The molecule has 4 N–H and O–H groups in total. The van der Waals surface area contributed by atoms with Crippen molar-refractivity contribution in [3.05, 3.63) is 68.5 Å². The Morgan fingerprint density at radius 2 is 1.83 bits per heavy atom. The van der Waals surface area contributed by atoms with Crippen molar-refractivity contribution in [2.45, 2.75) is 13.0 Å². The van der Waals surface area contributed by atoms with Crippen LogP contribution in [0.1, 0.15) is 22.1 Å². The van der Waals surface area contributed by atoms with Crippen molar-refractivity contribution in [1.29, 1.82) is 0 Å². The number of aliphatic hydroxyl groups excluding tert-OH is 1. The second-order valence-electron chi connectivity index (χ2n) is 5.30. The second-order valence-corrected chi connectivity index (χ2v) is 7.15. The molecule has 0 radical (unpaired) electrons. The van der Waals surface area contributed by atoms with E-state index < -0.39 is 6.10 Å². The third-order valence-electron chi connectivity index (χ3n) is 3.47. The fourth-order valence-electron chi connectivity index (χ4n) is 2.34. The van der Waals surface area contributed by atoms with Crippen molar-refractivity contribution in [3.8, 4) is 0 Å². The van der Waals surface area contributed by atoms with Crippen LogP contribution in [0.2, 0.25) is 10.0 Å². The maximum atomic E-state index is 10.7. The largest absolute Gasteiger partial charge is 0.383 e. The minimum Gasteiger partial charge on any atom is -0.383 e. The molecular weight excluding hydrogens is 365 g/mol. The summed E-state index contributed by atoms with van der Waals surface area (Å²) >= 11 is 13.6. The van der Waals surface area contributed by atoms with Gasteiger partial charge in [0.2, 0.25) is 0 Å². The van der Waals surface area contributed by atoms with Crippen LogP contribution in [0.15, 0.2) is 42.5 Å². The summed E-state index contributed by atoms with van der Waals surface area (Å²) < 4.78 is 0. The number of benzene rings is 2. The lowest BCUT2D eigenvalue weighted by Gasteiger charge is -2.13. The molecule has 2 aromatic carbocycles. The molecule has 3 rings (SSSR count). The first-order chi connectivity index (χ1) is 11.5. The first kappa shape index (κ1) is 17.0. The number of aryl methyl sites for hydroxylation is 1. The summed E-state index contributed by atoms with van der Waals surface area (Å²) in [4.78, 5) is 4.78. The van der Waals surface area contributed by atoms with Crippen LogP contribution < -0.4 is 11.1 Å². The van der Waals surface area contributed by atoms with E-state index in [0.717, 1.165) is 11.3 Å². The lowest BCUT2D eigenvalue weighted by molar-refractivity contribution is 0.225. The van der Waals surface area contributed by atoms with Gasteiger partial charge in [0, 0.05) is 21.3 Å². The van der Waals surface area contributed by atoms with Crippen molar-refractivity contribution >= 4 is 51.2 Å². The summed E-state index contributed by atoms with van der Waals surface area (Å²) in [5.41, 5.74) is 8.44. The lowest BCUT2D eigenvalue weighted by atomic mass is 10.1. The predicted octanol–water partition coefficient (Wildman–Crippen LogP) is 5.17. The van der Waals surface area contributed by atoms with Crippen LogP contribution in [-0.2, 0) is 0 Å². The highest BCUT2D eigenvalue weighted by Gasteiger charge is 2.23. The monoisotopic (exact) mass is 379 g/mol. The van der Waals surface area contributed by atoms with Gasteiger partial charge in [-0.15, -0.1) is 0 Å². The molecule has 0 saturated heterocycles. The normalized spacial score (nSPS) is 12.2. The number of aromatic nitrogens is 1. The smallest absolute Gasteiger partial charge is 0.189 e. The van der Waals surface area contributed by atoms with Crippen LogP contribution in [0.4, 0.5) is 16.6 Å². The van der Waals surface area contributed by atoms with E-state index in [4.69, 9.17) is 28.9 Å². The second kappa shape index (κ2) is 6.99. The fourth-order valence-corrected chi connectivity index (χ4v) is 3.85. The zero-order valence-electron chi connectivity index (χ0n) is 12.8. The SMILES string of the molecule is Cc1cccc(Nc2nc(N)c(C(O)c3c(Cl)cccc3Cl)s2)c1. The molecule has 1 aromatic heterocycles. The Labute approximate surface area is 153 Å². The third kappa shape index (κ3) is 3.49. The summed E-state index contributed by atoms with van der Waals surface area (Å²) in [6, 6.07) is 13.0. The Balaban J connectivity index is 1.91. The summed E-state index contributed by atoms with van der Waals surface area (Å²) in [7, 11) is 0. The number of anilines is 3. The summed E-state index contributed by atoms with van der Waals surface area (Å²) in [6.45, 7) is 2.01. The van der Waals surface area contributed by atoms with Gasteiger partial charge >= 0.3 is 0 Å². The van der Waals surface area contributed by atoms with E-state index in [1.54, 1.807) is 18.2 Å². The Hall–Kier alpha value is -1.79. The molecule has 0 aliphatic heterocycles. The molecule has 3 aromatic rings. The number of hydrogen-bond acceptors (Lipinski definition) is 5. The van der Waals surface area contributed by atoms with Crippen LogP contribution in [0.25, 0.3) is 0 Å². The van der Waals surface area contributed by atoms with Gasteiger partial charge in [-0.1, -0.05) is 52.7 Å². The number of hydrogen-bond donors (Lipinski definition) is 3. The molecule has 7 heteroatoms. The minimum absolute atomic E-state index is 0.249. The third-order valence-corrected chi connectivity index (χ3v) is 5.17. The minimum atomic E-state index is -1.03. The number of rotatable bonds is 4. The maximum Gasteiger partial charge on any atom is 0.189 e. The quantitative estimate of drug-likeness (QED) is 0.584. The van der Waals surface area contributed by atoms with Gasteiger partial charge in [-0.3, -0.25) is 0 Å². The zero-order valence-corrected chi connectivity index (χ0v) is 15.1. The fraction of sp³-hybridized carbons (Fsp3) is 0.118. The van der Waals surface area contributed by atoms with Crippen molar-refractivity contribution < 1.29 is 5.11 Å². The molecule has 0 fully saturated rings. The number of nitrogen functional groups attached to an aromatic ring is 1. The van der Waals surface area contributed by atoms with Gasteiger partial charge in [0.25, 0.3) is 0 Å². The van der Waals surface area contributed by atoms with Gasteiger partial charge < -0.3 is 16.2 Å². The van der Waals surface area contributed by atoms with Gasteiger partial charge in [-0.05, 0) is 36.8 Å². The highest BCUT2D eigenvalue weighted by Crippen LogP contribution is 2.40. The Bertz CT molecular complexity index is 862. The average molecular weight is 380 g/mol. The Kier molecular flexibility index (Phi) is 4.96. The molecular formula is C17H15Cl2N3OS. The molecule has 1 atom stereocenters. The van der Waals surface area contributed by atoms with Crippen LogP contribution in [0.3, 0.4) is 0 Å². The van der Waals surface area contributed by atoms with Crippen LogP contribution in [0, 0.1) is 6.92 Å². The van der Waals surface area contributed by atoms with E-state index in [1.165, 1.54) is 11.3 Å². The highest BCUT2D eigenvalue weighted by atomic mass is 35.5. The molecule has 1 heterocycles. The lowest BCUT2D eigenvalue weighted by Crippen LogP contribution is -2.02. The number of nitrogens with one attached hydrogen (secondary N) is 1. The molecule has 0 bridgehead atoms. The van der Waals surface area contributed by atoms with Gasteiger partial charge in [0.1, 0.15) is 11.9 Å². The molecule has 124 valence electrons. The summed E-state index contributed by atoms with van der Waals surface area (Å²) in [5.74, 6) is 0.249. The van der Waals surface area contributed by atoms with E-state index in [0.29, 0.717) is 25.6 Å². The first-order valence-electron chi connectivity index (χ1n) is 7.17. The van der Waals surface area contributed by atoms with Crippen molar-refractivity contribution in [3.63, 3.8) is 0 Å². The van der Waals surface area contributed by atoms with E-state index in [1.807, 2.05) is 31.2 Å². The Morgan fingerprint density at radius 1 is 1.17 bits per heavy atom. The molecule has 1 unspecified atom stereocenters. The first-order valence-corrected chi connectivity index (χ1v) is 8.75. The van der Waals surface area contributed by atoms with E-state index in [2.05, 4.69) is 10.3 Å². The molecule has 4 nitrogen and oxygen atoms in total. The van der Waals surface area contributed by atoms with Gasteiger partial charge in [0.05, 0.1) is 4.88 Å². The van der Waals surface area contributed by atoms with E-state index >= 15 is 0 Å². The zero-order chi connectivity index (χ0) is 17.3. The summed E-state index contributed by atoms with van der Waals surface area (Å²) in [6.07, 6.45) is -1.03. The average Bonchev–Trinajstić information content (AvgIpc) is 2.87. The van der Waals surface area contributed by atoms with Crippen LogP contribution in [-0.4, -0.2) is 10.1 Å². The van der Waals surface area contributed by atoms with Crippen LogP contribution in [0.5, 0.6) is 0 Å². The molecule has 0 aliphatic rings. The van der Waals surface area contributed by atoms with Gasteiger partial charge in [0.15, 0.2) is 5.13 Å². The molecule has 0 amide bonds. The van der Waals surface area contributed by atoms with Crippen LogP contribution >= 0.6 is 34.5 Å². The van der Waals surface area contributed by atoms with Gasteiger partial charge in [-0.2, -0.15) is 0 Å². The Morgan fingerprint density at radius 3 is 2.50 bits per heavy atom. The molecule has 0 aliphatic carbocycles. The molecule has 0 spiro atoms. The van der Waals surface area contributed by atoms with E-state index in [-0.39, 0.29) is 5.82 Å². The summed E-state index contributed by atoms with van der Waals surface area (Å²) in [5, 5.41) is 15.2. The number of nitrogens with two attached hydrogens (primary N) is 1. The van der Waals surface area contributed by atoms with Crippen molar-refractivity contribution in [2.75, 3.05) is 11.1 Å². The van der Waals surface area contributed by atoms with E-state index in [9.17, 15) is 5.11 Å². The number of nitrogens with zero attached hydrogens (tertiary/aromatic N) is 1. The topological polar surface area (TPSA) is 71.2 Å². The van der Waals surface area contributed by atoms with Crippen molar-refractivity contribution in [1.82, 2.24) is 4.98 Å². The van der Waals surface area contributed by atoms with Crippen molar-refractivity contribution in [2.24, 2.45) is 0 Å².